The molecule has 0 radical (unpaired) electrons. The fourth-order valence-corrected chi connectivity index (χ4v) is 0.533. The second kappa shape index (κ2) is 2.02. The van der Waals surface area contributed by atoms with E-state index in [1.165, 1.54) is 0 Å². The molecule has 1 rings (SSSR count). The summed E-state index contributed by atoms with van der Waals surface area (Å²) in [7, 11) is 0. The molecule has 1 heterocycles. The van der Waals surface area contributed by atoms with Gasteiger partial charge in [-0.05, 0) is 12.2 Å². The van der Waals surface area contributed by atoms with E-state index in [4.69, 9.17) is 4.74 Å². The first-order valence-corrected chi connectivity index (χ1v) is 2.50. The molecular formula is C4H5NOS. The average molecular weight is 115 g/mol. The molecule has 0 aromatic rings. The van der Waals surface area contributed by atoms with Gasteiger partial charge in [-0.25, -0.2) is 4.99 Å². The summed E-state index contributed by atoms with van der Waals surface area (Å²) in [6.07, 6.45) is 2.66. The third-order valence-corrected chi connectivity index (χ3v) is 0.892. The maximum Gasteiger partial charge on any atom is 0.283 e. The molecule has 3 heteroatoms. The van der Waals surface area contributed by atoms with Crippen LogP contribution < -0.4 is 0 Å². The largest absolute Gasteiger partial charge is 0.469 e. The highest BCUT2D eigenvalue weighted by atomic mass is 32.1. The number of thiocarbonyl (C=S) groups is 1. The predicted octanol–water partition coefficient (Wildman–Crippen LogP) is 0.762. The molecule has 0 atom stereocenters. The van der Waals surface area contributed by atoms with Crippen LogP contribution in [0.25, 0.3) is 0 Å². The average Bonchev–Trinajstić information content (AvgIpc) is 1.69. The molecule has 0 bridgehead atoms. The van der Waals surface area contributed by atoms with Gasteiger partial charge in [-0.2, -0.15) is 0 Å². The molecule has 0 fully saturated rings. The van der Waals surface area contributed by atoms with Crippen molar-refractivity contribution in [1.82, 2.24) is 0 Å². The zero-order valence-corrected chi connectivity index (χ0v) is 4.57. The molecule has 0 aliphatic carbocycles. The number of ether oxygens (including phenoxy) is 1. The van der Waals surface area contributed by atoms with Crippen molar-refractivity contribution in [3.05, 3.63) is 0 Å². The smallest absolute Gasteiger partial charge is 0.283 e. The summed E-state index contributed by atoms with van der Waals surface area (Å²) in [5.74, 6) is 0. The summed E-state index contributed by atoms with van der Waals surface area (Å²) in [6, 6.07) is 0. The first kappa shape index (κ1) is 4.71. The number of aliphatic imine (C=N–C) groups is 1. The summed E-state index contributed by atoms with van der Waals surface area (Å²) >= 11 is 4.59. The lowest BCUT2D eigenvalue weighted by Gasteiger charge is -2.03. The van der Waals surface area contributed by atoms with Crippen molar-refractivity contribution >= 4 is 23.6 Å². The summed E-state index contributed by atoms with van der Waals surface area (Å²) in [5, 5.41) is 0.367. The van der Waals surface area contributed by atoms with Crippen molar-refractivity contribution in [1.29, 1.82) is 0 Å². The van der Waals surface area contributed by atoms with E-state index in [0.717, 1.165) is 6.42 Å². The maximum atomic E-state index is 4.81. The Morgan fingerprint density at radius 2 is 2.71 bits per heavy atom. The Kier molecular flexibility index (Phi) is 1.36. The molecule has 0 aromatic carbocycles. The van der Waals surface area contributed by atoms with Gasteiger partial charge in [0.15, 0.2) is 0 Å². The minimum Gasteiger partial charge on any atom is -0.469 e. The quantitative estimate of drug-likeness (QED) is 0.435. The van der Waals surface area contributed by atoms with Gasteiger partial charge in [0.25, 0.3) is 5.17 Å². The van der Waals surface area contributed by atoms with E-state index in [1.54, 1.807) is 6.21 Å². The number of nitrogens with zero attached hydrogens (tertiary/aromatic N) is 1. The Balaban J connectivity index is 2.51. The Morgan fingerprint density at radius 3 is 3.00 bits per heavy atom. The first-order chi connectivity index (χ1) is 3.39. The van der Waals surface area contributed by atoms with Gasteiger partial charge < -0.3 is 4.74 Å². The van der Waals surface area contributed by atoms with Gasteiger partial charge in [-0.3, -0.25) is 0 Å². The molecule has 7 heavy (non-hydrogen) atoms. The summed E-state index contributed by atoms with van der Waals surface area (Å²) < 4.78 is 4.81. The molecule has 0 saturated heterocycles. The fourth-order valence-electron chi connectivity index (χ4n) is 0.375. The van der Waals surface area contributed by atoms with Crippen LogP contribution in [0.2, 0.25) is 0 Å². The summed E-state index contributed by atoms with van der Waals surface area (Å²) in [4.78, 5) is 3.71. The van der Waals surface area contributed by atoms with Crippen LogP contribution in [0, 0.1) is 0 Å². The molecule has 1 aliphatic rings. The molecule has 0 saturated carbocycles. The highest BCUT2D eigenvalue weighted by Crippen LogP contribution is 1.91. The van der Waals surface area contributed by atoms with Crippen molar-refractivity contribution in [3.63, 3.8) is 0 Å². The van der Waals surface area contributed by atoms with Crippen LogP contribution in [-0.2, 0) is 4.74 Å². The Morgan fingerprint density at radius 1 is 1.86 bits per heavy atom. The fraction of sp³-hybridized carbons (Fsp3) is 0.500. The van der Waals surface area contributed by atoms with E-state index in [2.05, 4.69) is 17.2 Å². The van der Waals surface area contributed by atoms with Crippen LogP contribution in [-0.4, -0.2) is 18.0 Å². The van der Waals surface area contributed by atoms with E-state index in [1.807, 2.05) is 0 Å². The van der Waals surface area contributed by atoms with Gasteiger partial charge in [0.2, 0.25) is 0 Å². The summed E-state index contributed by atoms with van der Waals surface area (Å²) in [6.45, 7) is 0.697. The van der Waals surface area contributed by atoms with E-state index < -0.39 is 0 Å². The molecule has 1 aliphatic heterocycles. The SMILES string of the molecule is S=C1N=CCCO1. The van der Waals surface area contributed by atoms with Crippen LogP contribution >= 0.6 is 12.2 Å². The van der Waals surface area contributed by atoms with Crippen molar-refractivity contribution in [2.75, 3.05) is 6.61 Å². The normalized spacial score (nSPS) is 19.1. The van der Waals surface area contributed by atoms with E-state index in [9.17, 15) is 0 Å². The van der Waals surface area contributed by atoms with Gasteiger partial charge in [0.1, 0.15) is 0 Å². The first-order valence-electron chi connectivity index (χ1n) is 2.09. The van der Waals surface area contributed by atoms with Crippen molar-refractivity contribution in [3.8, 4) is 0 Å². The highest BCUT2D eigenvalue weighted by Gasteiger charge is 1.95. The third-order valence-electron chi connectivity index (χ3n) is 0.669. The van der Waals surface area contributed by atoms with E-state index in [-0.39, 0.29) is 0 Å². The Hall–Kier alpha value is -0.440. The van der Waals surface area contributed by atoms with Crippen LogP contribution in [0.1, 0.15) is 6.42 Å². The molecule has 0 unspecified atom stereocenters. The zero-order valence-electron chi connectivity index (χ0n) is 3.76. The predicted molar refractivity (Wildman–Crippen MR) is 31.7 cm³/mol. The second-order valence-corrected chi connectivity index (χ2v) is 1.56. The van der Waals surface area contributed by atoms with Crippen molar-refractivity contribution in [2.45, 2.75) is 6.42 Å². The topological polar surface area (TPSA) is 21.6 Å². The third kappa shape index (κ3) is 1.23. The van der Waals surface area contributed by atoms with Crippen LogP contribution in [0.15, 0.2) is 4.99 Å². The Labute approximate surface area is 47.2 Å². The molecule has 2 nitrogen and oxygen atoms in total. The van der Waals surface area contributed by atoms with Crippen LogP contribution in [0.4, 0.5) is 0 Å². The lowest BCUT2D eigenvalue weighted by molar-refractivity contribution is 0.315. The lowest BCUT2D eigenvalue weighted by atomic mass is 10.5. The second-order valence-electron chi connectivity index (χ2n) is 1.21. The van der Waals surface area contributed by atoms with E-state index in [0.29, 0.717) is 11.8 Å². The Bertz CT molecular complexity index is 110. The standard InChI is InChI=1S/C4H5NOS/c7-4-5-2-1-3-6-4/h2H,1,3H2. The molecule has 0 spiro atoms. The molecule has 0 amide bonds. The maximum absolute atomic E-state index is 4.81. The van der Waals surface area contributed by atoms with Gasteiger partial charge >= 0.3 is 0 Å². The van der Waals surface area contributed by atoms with Crippen molar-refractivity contribution < 1.29 is 4.74 Å². The number of rotatable bonds is 0. The van der Waals surface area contributed by atoms with E-state index >= 15 is 0 Å². The van der Waals surface area contributed by atoms with Gasteiger partial charge in [0, 0.05) is 12.6 Å². The van der Waals surface area contributed by atoms with Gasteiger partial charge in [-0.1, -0.05) is 0 Å². The van der Waals surface area contributed by atoms with Crippen molar-refractivity contribution in [2.24, 2.45) is 4.99 Å². The molecule has 0 N–H and O–H groups in total. The highest BCUT2D eigenvalue weighted by molar-refractivity contribution is 7.80. The monoisotopic (exact) mass is 115 g/mol. The minimum atomic E-state index is 0.367. The molecular weight excluding hydrogens is 110 g/mol. The zero-order chi connectivity index (χ0) is 5.11. The molecule has 0 aromatic heterocycles. The van der Waals surface area contributed by atoms with Gasteiger partial charge in [0.05, 0.1) is 6.61 Å². The van der Waals surface area contributed by atoms with Gasteiger partial charge in [-0.15, -0.1) is 0 Å². The van der Waals surface area contributed by atoms with Crippen LogP contribution in [0.3, 0.4) is 0 Å². The summed E-state index contributed by atoms with van der Waals surface area (Å²) in [5.41, 5.74) is 0. The van der Waals surface area contributed by atoms with Crippen LogP contribution in [0.5, 0.6) is 0 Å². The number of hydrogen-bond acceptors (Lipinski definition) is 2. The number of hydrogen-bond donors (Lipinski definition) is 0. The molecule has 38 valence electrons. The minimum absolute atomic E-state index is 0.367. The lowest BCUT2D eigenvalue weighted by Crippen LogP contribution is -2.06.